The van der Waals surface area contributed by atoms with Crippen LogP contribution in [0.4, 0.5) is 5.69 Å². The lowest BCUT2D eigenvalue weighted by atomic mass is 10.0. The van der Waals surface area contributed by atoms with Crippen molar-refractivity contribution in [2.45, 2.75) is 19.3 Å². The SMILES string of the molecule is O=C(CC1C=CCC1)Nc1cccc(-c2nnco2)c1. The van der Waals surface area contributed by atoms with Gasteiger partial charge in [0.05, 0.1) is 0 Å². The number of benzene rings is 1. The number of anilines is 1. The van der Waals surface area contributed by atoms with E-state index in [0.717, 1.165) is 24.1 Å². The molecule has 1 aliphatic carbocycles. The molecule has 102 valence electrons. The van der Waals surface area contributed by atoms with E-state index in [1.807, 2.05) is 24.3 Å². The average Bonchev–Trinajstić information content (AvgIpc) is 3.11. The number of allylic oxidation sites excluding steroid dienone is 2. The average molecular weight is 269 g/mol. The van der Waals surface area contributed by atoms with Gasteiger partial charge in [-0.3, -0.25) is 4.79 Å². The number of carbonyl (C=O) groups excluding carboxylic acids is 1. The molecule has 5 nitrogen and oxygen atoms in total. The van der Waals surface area contributed by atoms with E-state index in [4.69, 9.17) is 4.42 Å². The Bertz CT molecular complexity index is 620. The molecule has 0 aliphatic heterocycles. The molecule has 0 saturated carbocycles. The van der Waals surface area contributed by atoms with Crippen LogP contribution in [-0.2, 0) is 4.79 Å². The summed E-state index contributed by atoms with van der Waals surface area (Å²) in [6.45, 7) is 0. The van der Waals surface area contributed by atoms with Crippen molar-refractivity contribution >= 4 is 11.6 Å². The first-order valence-electron chi connectivity index (χ1n) is 6.64. The van der Waals surface area contributed by atoms with Gasteiger partial charge in [0, 0.05) is 17.7 Å². The third kappa shape index (κ3) is 2.93. The molecule has 0 bridgehead atoms. The number of aromatic nitrogens is 2. The molecule has 1 aliphatic rings. The molecule has 0 saturated heterocycles. The van der Waals surface area contributed by atoms with Gasteiger partial charge in [-0.2, -0.15) is 0 Å². The van der Waals surface area contributed by atoms with Gasteiger partial charge in [0.2, 0.25) is 18.2 Å². The predicted octanol–water partition coefficient (Wildman–Crippen LogP) is 3.03. The number of hydrogen-bond donors (Lipinski definition) is 1. The fourth-order valence-corrected chi connectivity index (χ4v) is 2.34. The maximum Gasteiger partial charge on any atom is 0.247 e. The second-order valence-corrected chi connectivity index (χ2v) is 4.84. The fourth-order valence-electron chi connectivity index (χ4n) is 2.34. The van der Waals surface area contributed by atoms with Crippen molar-refractivity contribution in [3.63, 3.8) is 0 Å². The van der Waals surface area contributed by atoms with E-state index in [-0.39, 0.29) is 5.91 Å². The van der Waals surface area contributed by atoms with Crippen LogP contribution in [0.2, 0.25) is 0 Å². The minimum absolute atomic E-state index is 0.0317. The first kappa shape index (κ1) is 12.6. The Morgan fingerprint density at radius 3 is 3.15 bits per heavy atom. The first-order chi connectivity index (χ1) is 9.81. The lowest BCUT2D eigenvalue weighted by molar-refractivity contribution is -0.116. The molecule has 1 amide bonds. The molecular weight excluding hydrogens is 254 g/mol. The molecule has 2 aromatic rings. The Labute approximate surface area is 116 Å². The number of hydrogen-bond acceptors (Lipinski definition) is 4. The van der Waals surface area contributed by atoms with Crippen molar-refractivity contribution in [2.24, 2.45) is 5.92 Å². The molecule has 1 atom stereocenters. The third-order valence-corrected chi connectivity index (χ3v) is 3.31. The van der Waals surface area contributed by atoms with Crippen LogP contribution in [0.15, 0.2) is 47.2 Å². The van der Waals surface area contributed by atoms with Crippen LogP contribution in [0, 0.1) is 5.92 Å². The van der Waals surface area contributed by atoms with Gasteiger partial charge in [-0.1, -0.05) is 18.2 Å². The van der Waals surface area contributed by atoms with Gasteiger partial charge in [0.15, 0.2) is 0 Å². The van der Waals surface area contributed by atoms with E-state index in [1.165, 1.54) is 6.39 Å². The van der Waals surface area contributed by atoms with E-state index >= 15 is 0 Å². The van der Waals surface area contributed by atoms with Crippen LogP contribution in [0.3, 0.4) is 0 Å². The van der Waals surface area contributed by atoms with Gasteiger partial charge < -0.3 is 9.73 Å². The van der Waals surface area contributed by atoms with Gasteiger partial charge in [-0.25, -0.2) is 0 Å². The predicted molar refractivity (Wildman–Crippen MR) is 74.8 cm³/mol. The standard InChI is InChI=1S/C15H15N3O2/c19-14(8-11-4-1-2-5-11)17-13-7-3-6-12(9-13)15-18-16-10-20-15/h1,3-4,6-7,9-11H,2,5,8H2,(H,17,19). The Morgan fingerprint density at radius 2 is 2.40 bits per heavy atom. The van der Waals surface area contributed by atoms with Crippen molar-refractivity contribution < 1.29 is 9.21 Å². The summed E-state index contributed by atoms with van der Waals surface area (Å²) in [4.78, 5) is 12.0. The van der Waals surface area contributed by atoms with Crippen LogP contribution in [-0.4, -0.2) is 16.1 Å². The zero-order valence-corrected chi connectivity index (χ0v) is 11.0. The summed E-state index contributed by atoms with van der Waals surface area (Å²) in [5.41, 5.74) is 1.54. The second kappa shape index (κ2) is 5.69. The Balaban J connectivity index is 1.66. The Morgan fingerprint density at radius 1 is 1.45 bits per heavy atom. The van der Waals surface area contributed by atoms with Crippen molar-refractivity contribution in [2.75, 3.05) is 5.32 Å². The second-order valence-electron chi connectivity index (χ2n) is 4.84. The van der Waals surface area contributed by atoms with Crippen molar-refractivity contribution in [1.29, 1.82) is 0 Å². The summed E-state index contributed by atoms with van der Waals surface area (Å²) in [6.07, 6.45) is 8.21. The molecule has 20 heavy (non-hydrogen) atoms. The van der Waals surface area contributed by atoms with E-state index in [9.17, 15) is 4.79 Å². The lowest BCUT2D eigenvalue weighted by Gasteiger charge is -2.09. The fraction of sp³-hybridized carbons (Fsp3) is 0.267. The summed E-state index contributed by atoms with van der Waals surface area (Å²) in [6, 6.07) is 7.39. The quantitative estimate of drug-likeness (QED) is 0.866. The smallest absolute Gasteiger partial charge is 0.247 e. The maximum atomic E-state index is 12.0. The van der Waals surface area contributed by atoms with Crippen LogP contribution in [0.1, 0.15) is 19.3 Å². The maximum absolute atomic E-state index is 12.0. The largest absolute Gasteiger partial charge is 0.423 e. The van der Waals surface area contributed by atoms with E-state index in [0.29, 0.717) is 18.2 Å². The topological polar surface area (TPSA) is 68.0 Å². The number of carbonyl (C=O) groups is 1. The van der Waals surface area contributed by atoms with Crippen molar-refractivity contribution in [3.8, 4) is 11.5 Å². The summed E-state index contributed by atoms with van der Waals surface area (Å²) >= 11 is 0. The van der Waals surface area contributed by atoms with E-state index < -0.39 is 0 Å². The normalized spacial score (nSPS) is 17.3. The minimum Gasteiger partial charge on any atom is -0.423 e. The number of rotatable bonds is 4. The highest BCUT2D eigenvalue weighted by atomic mass is 16.4. The summed E-state index contributed by atoms with van der Waals surface area (Å²) in [7, 11) is 0. The number of nitrogens with one attached hydrogen (secondary N) is 1. The van der Waals surface area contributed by atoms with E-state index in [1.54, 1.807) is 0 Å². The van der Waals surface area contributed by atoms with Gasteiger partial charge in [-0.05, 0) is 37.0 Å². The van der Waals surface area contributed by atoms with Crippen LogP contribution < -0.4 is 5.32 Å². The van der Waals surface area contributed by atoms with Crippen LogP contribution >= 0.6 is 0 Å². The summed E-state index contributed by atoms with van der Waals surface area (Å²) in [5, 5.41) is 10.4. The van der Waals surface area contributed by atoms with Crippen molar-refractivity contribution in [1.82, 2.24) is 10.2 Å². The molecule has 0 spiro atoms. The molecule has 3 rings (SSSR count). The highest BCUT2D eigenvalue weighted by Gasteiger charge is 2.14. The molecule has 0 fully saturated rings. The van der Waals surface area contributed by atoms with Crippen LogP contribution in [0.25, 0.3) is 11.5 Å². The molecular formula is C15H15N3O2. The van der Waals surface area contributed by atoms with Crippen LogP contribution in [0.5, 0.6) is 0 Å². The zero-order chi connectivity index (χ0) is 13.8. The zero-order valence-electron chi connectivity index (χ0n) is 11.0. The molecule has 0 radical (unpaired) electrons. The molecule has 1 aromatic carbocycles. The van der Waals surface area contributed by atoms with Gasteiger partial charge >= 0.3 is 0 Å². The highest BCUT2D eigenvalue weighted by molar-refractivity contribution is 5.91. The van der Waals surface area contributed by atoms with E-state index in [2.05, 4.69) is 27.7 Å². The summed E-state index contributed by atoms with van der Waals surface area (Å²) < 4.78 is 5.14. The minimum atomic E-state index is 0.0317. The molecule has 1 N–H and O–H groups in total. The molecule has 5 heteroatoms. The highest BCUT2D eigenvalue weighted by Crippen LogP contribution is 2.23. The first-order valence-corrected chi connectivity index (χ1v) is 6.64. The summed E-state index contributed by atoms with van der Waals surface area (Å²) in [5.74, 6) is 0.846. The number of nitrogens with zero attached hydrogens (tertiary/aromatic N) is 2. The monoisotopic (exact) mass is 269 g/mol. The van der Waals surface area contributed by atoms with Crippen molar-refractivity contribution in [3.05, 3.63) is 42.8 Å². The Kier molecular flexibility index (Phi) is 3.58. The van der Waals surface area contributed by atoms with Gasteiger partial charge in [-0.15, -0.1) is 10.2 Å². The van der Waals surface area contributed by atoms with Gasteiger partial charge in [0.1, 0.15) is 0 Å². The Hall–Kier alpha value is -2.43. The molecule has 1 heterocycles. The molecule has 1 unspecified atom stereocenters. The third-order valence-electron chi connectivity index (χ3n) is 3.31. The number of amides is 1. The molecule has 1 aromatic heterocycles. The van der Waals surface area contributed by atoms with Gasteiger partial charge in [0.25, 0.3) is 0 Å². The lowest BCUT2D eigenvalue weighted by Crippen LogP contribution is -2.14.